The average molecular weight is 569 g/mol. The van der Waals surface area contributed by atoms with Crippen LogP contribution >= 0.6 is 22.9 Å². The summed E-state index contributed by atoms with van der Waals surface area (Å²) in [6.07, 6.45) is 2.38. The van der Waals surface area contributed by atoms with Crippen LogP contribution in [0.25, 0.3) is 10.2 Å². The third kappa shape index (κ3) is 5.29. The molecule has 1 aromatic heterocycles. The fourth-order valence-electron chi connectivity index (χ4n) is 4.65. The molecule has 198 valence electrons. The number of amides is 1. The SMILES string of the molecule is CN(C)CCCN(C(=O)c1ccc(S(=O)(=O)N2CCCc3ccccc32)cc1)c1nc2c(Cl)cccc2s1. The van der Waals surface area contributed by atoms with E-state index in [0.29, 0.717) is 34.3 Å². The van der Waals surface area contributed by atoms with E-state index in [1.165, 1.54) is 27.8 Å². The lowest BCUT2D eigenvalue weighted by Crippen LogP contribution is -2.35. The molecule has 38 heavy (non-hydrogen) atoms. The van der Waals surface area contributed by atoms with Crippen LogP contribution in [0.15, 0.2) is 71.6 Å². The van der Waals surface area contributed by atoms with E-state index < -0.39 is 10.0 Å². The Hall–Kier alpha value is -2.98. The fourth-order valence-corrected chi connectivity index (χ4v) is 7.48. The van der Waals surface area contributed by atoms with Crippen LogP contribution in [-0.2, 0) is 16.4 Å². The van der Waals surface area contributed by atoms with E-state index in [1.54, 1.807) is 23.1 Å². The number of sulfonamides is 1. The topological polar surface area (TPSA) is 73.8 Å². The molecule has 0 fully saturated rings. The van der Waals surface area contributed by atoms with Gasteiger partial charge < -0.3 is 4.90 Å². The van der Waals surface area contributed by atoms with Gasteiger partial charge in [-0.25, -0.2) is 13.4 Å². The van der Waals surface area contributed by atoms with Crippen LogP contribution in [-0.4, -0.2) is 57.9 Å². The summed E-state index contributed by atoms with van der Waals surface area (Å²) in [4.78, 5) is 22.3. The highest BCUT2D eigenvalue weighted by atomic mass is 35.5. The number of para-hydroxylation sites is 2. The molecule has 2 heterocycles. The molecule has 0 saturated carbocycles. The molecular formula is C28H29ClN4O3S2. The molecule has 0 N–H and O–H groups in total. The molecular weight excluding hydrogens is 540 g/mol. The average Bonchev–Trinajstić information content (AvgIpc) is 3.36. The van der Waals surface area contributed by atoms with E-state index in [9.17, 15) is 13.2 Å². The number of halogens is 1. The molecule has 0 aliphatic carbocycles. The smallest absolute Gasteiger partial charge is 0.264 e. The molecule has 0 atom stereocenters. The minimum Gasteiger partial charge on any atom is -0.309 e. The molecule has 1 aliphatic heterocycles. The maximum Gasteiger partial charge on any atom is 0.264 e. The minimum absolute atomic E-state index is 0.164. The Kier molecular flexibility index (Phi) is 7.72. The van der Waals surface area contributed by atoms with Crippen LogP contribution in [0.3, 0.4) is 0 Å². The van der Waals surface area contributed by atoms with Crippen molar-refractivity contribution >= 4 is 59.9 Å². The molecule has 10 heteroatoms. The van der Waals surface area contributed by atoms with Gasteiger partial charge in [-0.05, 0) is 87.9 Å². The Morgan fingerprint density at radius 3 is 2.53 bits per heavy atom. The fraction of sp³-hybridized carbons (Fsp3) is 0.286. The molecule has 3 aromatic carbocycles. The second kappa shape index (κ2) is 11.0. The summed E-state index contributed by atoms with van der Waals surface area (Å²) in [7, 11) is 0.221. The molecule has 1 aliphatic rings. The molecule has 0 spiro atoms. The maximum atomic E-state index is 13.7. The van der Waals surface area contributed by atoms with Crippen molar-refractivity contribution in [2.24, 2.45) is 0 Å². The Morgan fingerprint density at radius 2 is 1.79 bits per heavy atom. The van der Waals surface area contributed by atoms with Gasteiger partial charge in [-0.15, -0.1) is 0 Å². The maximum absolute atomic E-state index is 13.7. The van der Waals surface area contributed by atoms with Gasteiger partial charge in [0.1, 0.15) is 5.52 Å². The highest BCUT2D eigenvalue weighted by molar-refractivity contribution is 7.92. The largest absolute Gasteiger partial charge is 0.309 e. The molecule has 0 saturated heterocycles. The second-order valence-corrected chi connectivity index (χ2v) is 12.8. The number of hydrogen-bond donors (Lipinski definition) is 0. The highest BCUT2D eigenvalue weighted by Crippen LogP contribution is 2.34. The van der Waals surface area contributed by atoms with Crippen molar-refractivity contribution in [3.63, 3.8) is 0 Å². The van der Waals surface area contributed by atoms with Crippen LogP contribution in [0, 0.1) is 0 Å². The first-order valence-electron chi connectivity index (χ1n) is 12.5. The summed E-state index contributed by atoms with van der Waals surface area (Å²) in [5.74, 6) is -0.230. The lowest BCUT2D eigenvalue weighted by molar-refractivity contribution is 0.0986. The molecule has 5 rings (SSSR count). The van der Waals surface area contributed by atoms with Gasteiger partial charge in [-0.1, -0.05) is 47.2 Å². The number of carbonyl (C=O) groups is 1. The minimum atomic E-state index is -3.76. The predicted molar refractivity (Wildman–Crippen MR) is 155 cm³/mol. The monoisotopic (exact) mass is 568 g/mol. The van der Waals surface area contributed by atoms with Crippen LogP contribution in [0.4, 0.5) is 10.8 Å². The van der Waals surface area contributed by atoms with Crippen molar-refractivity contribution in [1.29, 1.82) is 0 Å². The van der Waals surface area contributed by atoms with E-state index in [1.807, 2.05) is 50.5 Å². The summed E-state index contributed by atoms with van der Waals surface area (Å²) in [6.45, 7) is 1.71. The van der Waals surface area contributed by atoms with Gasteiger partial charge in [0.2, 0.25) is 0 Å². The molecule has 7 nitrogen and oxygen atoms in total. The van der Waals surface area contributed by atoms with Crippen molar-refractivity contribution in [2.75, 3.05) is 42.9 Å². The quantitative estimate of drug-likeness (QED) is 0.273. The van der Waals surface area contributed by atoms with E-state index in [4.69, 9.17) is 11.6 Å². The van der Waals surface area contributed by atoms with Crippen molar-refractivity contribution in [1.82, 2.24) is 9.88 Å². The number of rotatable bonds is 8. The number of hydrogen-bond acceptors (Lipinski definition) is 6. The van der Waals surface area contributed by atoms with Crippen LogP contribution in [0.1, 0.15) is 28.8 Å². The van der Waals surface area contributed by atoms with Gasteiger partial charge in [-0.2, -0.15) is 0 Å². The molecule has 0 radical (unpaired) electrons. The lowest BCUT2D eigenvalue weighted by atomic mass is 10.0. The van der Waals surface area contributed by atoms with E-state index in [0.717, 1.165) is 41.8 Å². The zero-order chi connectivity index (χ0) is 26.9. The van der Waals surface area contributed by atoms with Crippen LogP contribution in [0.2, 0.25) is 5.02 Å². The van der Waals surface area contributed by atoms with Gasteiger partial charge in [0.15, 0.2) is 5.13 Å². The van der Waals surface area contributed by atoms with Gasteiger partial charge in [0.05, 0.1) is 20.3 Å². The number of aromatic nitrogens is 1. The first kappa shape index (κ1) is 26.6. The Bertz CT molecular complexity index is 1570. The number of anilines is 2. The van der Waals surface area contributed by atoms with Crippen molar-refractivity contribution in [2.45, 2.75) is 24.2 Å². The zero-order valence-corrected chi connectivity index (χ0v) is 23.7. The van der Waals surface area contributed by atoms with Crippen LogP contribution in [0.5, 0.6) is 0 Å². The molecule has 0 bridgehead atoms. The summed E-state index contributed by atoms with van der Waals surface area (Å²) in [6, 6.07) is 19.4. The van der Waals surface area contributed by atoms with Gasteiger partial charge in [-0.3, -0.25) is 14.0 Å². The van der Waals surface area contributed by atoms with Gasteiger partial charge in [0, 0.05) is 18.7 Å². The Morgan fingerprint density at radius 1 is 1.03 bits per heavy atom. The standard InChI is InChI=1S/C28H29ClN4O3S2/c1-31(2)17-7-18-32(28-30-26-23(29)10-5-12-25(26)37-28)27(34)21-13-15-22(16-14-21)38(35,36)33-19-6-9-20-8-3-4-11-24(20)33/h3-5,8,10-16H,6-7,9,17-19H2,1-2H3. The first-order valence-corrected chi connectivity index (χ1v) is 15.1. The predicted octanol–water partition coefficient (Wildman–Crippen LogP) is 5.69. The normalized spacial score (nSPS) is 13.6. The third-order valence-electron chi connectivity index (χ3n) is 6.58. The summed E-state index contributed by atoms with van der Waals surface area (Å²) in [5.41, 5.74) is 2.82. The zero-order valence-electron chi connectivity index (χ0n) is 21.3. The van der Waals surface area contributed by atoms with E-state index in [-0.39, 0.29) is 10.8 Å². The summed E-state index contributed by atoms with van der Waals surface area (Å²) < 4.78 is 29.4. The number of carbonyl (C=O) groups excluding carboxylic acids is 1. The number of fused-ring (bicyclic) bond motifs is 2. The van der Waals surface area contributed by atoms with Crippen molar-refractivity contribution < 1.29 is 13.2 Å². The van der Waals surface area contributed by atoms with Gasteiger partial charge >= 0.3 is 0 Å². The van der Waals surface area contributed by atoms with E-state index >= 15 is 0 Å². The van der Waals surface area contributed by atoms with Crippen LogP contribution < -0.4 is 9.21 Å². The van der Waals surface area contributed by atoms with Crippen molar-refractivity contribution in [3.05, 3.63) is 82.9 Å². The summed E-state index contributed by atoms with van der Waals surface area (Å²) in [5, 5.41) is 1.11. The Balaban J connectivity index is 1.43. The van der Waals surface area contributed by atoms with E-state index in [2.05, 4.69) is 9.88 Å². The van der Waals surface area contributed by atoms with Gasteiger partial charge in [0.25, 0.3) is 15.9 Å². The highest BCUT2D eigenvalue weighted by Gasteiger charge is 2.29. The molecule has 0 unspecified atom stereocenters. The Labute approximate surface area is 232 Å². The summed E-state index contributed by atoms with van der Waals surface area (Å²) >= 11 is 7.76. The number of nitrogens with zero attached hydrogens (tertiary/aromatic N) is 4. The molecule has 4 aromatic rings. The number of thiazole rings is 1. The second-order valence-electron chi connectivity index (χ2n) is 9.53. The third-order valence-corrected chi connectivity index (χ3v) is 9.75. The number of benzene rings is 3. The first-order chi connectivity index (χ1) is 18.3. The lowest BCUT2D eigenvalue weighted by Gasteiger charge is -2.30. The number of aryl methyl sites for hydroxylation is 1. The van der Waals surface area contributed by atoms with Crippen molar-refractivity contribution in [3.8, 4) is 0 Å². The molecule has 1 amide bonds.